The standard InChI is InChI=1S/C17H17N7/c1-13-4-6-14(7-5-13)9-24-17(15-3-2-8-19-15)21-16(22-24)10-23-12-18-11-20-23/h2-8,11-12,19H,9-10H2,1H3. The molecule has 3 aromatic heterocycles. The van der Waals surface area contributed by atoms with Crippen LogP contribution in [0.1, 0.15) is 17.0 Å². The van der Waals surface area contributed by atoms with Crippen molar-refractivity contribution in [2.75, 3.05) is 0 Å². The van der Waals surface area contributed by atoms with Crippen molar-refractivity contribution in [2.45, 2.75) is 20.0 Å². The Bertz CT molecular complexity index is 903. The summed E-state index contributed by atoms with van der Waals surface area (Å²) < 4.78 is 3.63. The Kier molecular flexibility index (Phi) is 3.66. The molecule has 7 nitrogen and oxygen atoms in total. The van der Waals surface area contributed by atoms with Gasteiger partial charge in [0.25, 0.3) is 0 Å². The lowest BCUT2D eigenvalue weighted by Gasteiger charge is -2.05. The molecule has 120 valence electrons. The van der Waals surface area contributed by atoms with E-state index in [0.717, 1.165) is 11.5 Å². The summed E-state index contributed by atoms with van der Waals surface area (Å²) in [6.07, 6.45) is 5.06. The molecule has 4 rings (SSSR count). The Hall–Kier alpha value is -3.22. The Labute approximate surface area is 139 Å². The molecule has 0 aliphatic carbocycles. The second-order valence-corrected chi connectivity index (χ2v) is 5.67. The molecule has 0 atom stereocenters. The van der Waals surface area contributed by atoms with Crippen LogP contribution in [0.25, 0.3) is 11.5 Å². The van der Waals surface area contributed by atoms with Gasteiger partial charge in [0.05, 0.1) is 12.2 Å². The monoisotopic (exact) mass is 319 g/mol. The lowest BCUT2D eigenvalue weighted by molar-refractivity contribution is 0.626. The quantitative estimate of drug-likeness (QED) is 0.612. The minimum Gasteiger partial charge on any atom is -0.359 e. The number of aromatic nitrogens is 7. The number of aryl methyl sites for hydroxylation is 1. The maximum atomic E-state index is 4.67. The molecule has 0 saturated heterocycles. The zero-order valence-corrected chi connectivity index (χ0v) is 13.3. The van der Waals surface area contributed by atoms with Gasteiger partial charge < -0.3 is 4.98 Å². The molecule has 0 aliphatic heterocycles. The summed E-state index contributed by atoms with van der Waals surface area (Å²) >= 11 is 0. The van der Waals surface area contributed by atoms with Crippen LogP contribution in [0.5, 0.6) is 0 Å². The second-order valence-electron chi connectivity index (χ2n) is 5.67. The molecule has 4 aromatic rings. The van der Waals surface area contributed by atoms with Crippen LogP contribution in [0.3, 0.4) is 0 Å². The van der Waals surface area contributed by atoms with Crippen LogP contribution < -0.4 is 0 Å². The molecule has 0 fully saturated rings. The van der Waals surface area contributed by atoms with E-state index in [9.17, 15) is 0 Å². The highest BCUT2D eigenvalue weighted by Crippen LogP contribution is 2.17. The van der Waals surface area contributed by atoms with E-state index in [4.69, 9.17) is 0 Å². The third-order valence-electron chi connectivity index (χ3n) is 3.78. The van der Waals surface area contributed by atoms with Crippen LogP contribution in [0, 0.1) is 6.92 Å². The van der Waals surface area contributed by atoms with E-state index >= 15 is 0 Å². The summed E-state index contributed by atoms with van der Waals surface area (Å²) in [6.45, 7) is 3.24. The van der Waals surface area contributed by atoms with Crippen LogP contribution in [0.4, 0.5) is 0 Å². The molecule has 1 N–H and O–H groups in total. The number of hydrogen-bond donors (Lipinski definition) is 1. The van der Waals surface area contributed by atoms with E-state index in [1.807, 2.05) is 23.0 Å². The van der Waals surface area contributed by atoms with E-state index in [1.165, 1.54) is 17.5 Å². The molecular formula is C17H17N7. The van der Waals surface area contributed by atoms with Crippen molar-refractivity contribution >= 4 is 0 Å². The third kappa shape index (κ3) is 2.96. The van der Waals surface area contributed by atoms with Crippen molar-refractivity contribution in [1.29, 1.82) is 0 Å². The Morgan fingerprint density at radius 2 is 1.96 bits per heavy atom. The molecule has 0 aliphatic rings. The first-order valence-corrected chi connectivity index (χ1v) is 7.73. The topological polar surface area (TPSA) is 77.2 Å². The van der Waals surface area contributed by atoms with Gasteiger partial charge in [0.2, 0.25) is 0 Å². The first-order chi connectivity index (χ1) is 11.8. The van der Waals surface area contributed by atoms with E-state index in [1.54, 1.807) is 11.0 Å². The van der Waals surface area contributed by atoms with Crippen LogP contribution in [0.15, 0.2) is 55.2 Å². The summed E-state index contributed by atoms with van der Waals surface area (Å²) in [4.78, 5) is 11.8. The number of hydrogen-bond acceptors (Lipinski definition) is 4. The predicted octanol–water partition coefficient (Wildman–Crippen LogP) is 2.27. The first-order valence-electron chi connectivity index (χ1n) is 7.73. The maximum Gasteiger partial charge on any atom is 0.175 e. The zero-order chi connectivity index (χ0) is 16.4. The molecule has 0 saturated carbocycles. The molecule has 0 spiro atoms. The number of H-pyrrole nitrogens is 1. The highest BCUT2D eigenvalue weighted by molar-refractivity contribution is 5.49. The summed E-state index contributed by atoms with van der Waals surface area (Å²) in [5.41, 5.74) is 3.37. The Balaban J connectivity index is 1.68. The van der Waals surface area contributed by atoms with Crippen molar-refractivity contribution < 1.29 is 0 Å². The van der Waals surface area contributed by atoms with Crippen molar-refractivity contribution in [3.8, 4) is 11.5 Å². The predicted molar refractivity (Wildman–Crippen MR) is 89.2 cm³/mol. The molecule has 0 radical (unpaired) electrons. The van der Waals surface area contributed by atoms with Crippen molar-refractivity contribution in [3.05, 3.63) is 72.2 Å². The summed E-state index contributed by atoms with van der Waals surface area (Å²) in [5, 5.41) is 8.77. The lowest BCUT2D eigenvalue weighted by Crippen LogP contribution is -2.06. The lowest BCUT2D eigenvalue weighted by atomic mass is 10.1. The molecular weight excluding hydrogens is 302 g/mol. The minimum atomic E-state index is 0.495. The normalized spacial score (nSPS) is 11.0. The van der Waals surface area contributed by atoms with Gasteiger partial charge in [-0.1, -0.05) is 29.8 Å². The number of nitrogens with one attached hydrogen (secondary N) is 1. The molecule has 3 heterocycles. The highest BCUT2D eigenvalue weighted by Gasteiger charge is 2.13. The van der Waals surface area contributed by atoms with Crippen LogP contribution in [0.2, 0.25) is 0 Å². The van der Waals surface area contributed by atoms with Gasteiger partial charge in [-0.25, -0.2) is 19.3 Å². The van der Waals surface area contributed by atoms with Gasteiger partial charge in [-0.2, -0.15) is 10.2 Å². The fraction of sp³-hybridized carbons (Fsp3) is 0.176. The van der Waals surface area contributed by atoms with Gasteiger partial charge in [-0.15, -0.1) is 0 Å². The molecule has 0 unspecified atom stereocenters. The smallest absolute Gasteiger partial charge is 0.175 e. The summed E-state index contributed by atoms with van der Waals surface area (Å²) in [7, 11) is 0. The van der Waals surface area contributed by atoms with Crippen LogP contribution in [-0.4, -0.2) is 34.5 Å². The largest absolute Gasteiger partial charge is 0.359 e. The molecule has 24 heavy (non-hydrogen) atoms. The minimum absolute atomic E-state index is 0.495. The van der Waals surface area contributed by atoms with Crippen LogP contribution in [-0.2, 0) is 13.1 Å². The fourth-order valence-electron chi connectivity index (χ4n) is 2.56. The number of benzene rings is 1. The van der Waals surface area contributed by atoms with E-state index in [-0.39, 0.29) is 0 Å². The van der Waals surface area contributed by atoms with Gasteiger partial charge in [0, 0.05) is 6.20 Å². The summed E-state index contributed by atoms with van der Waals surface area (Å²) in [6, 6.07) is 12.4. The van der Waals surface area contributed by atoms with Crippen molar-refractivity contribution in [2.24, 2.45) is 0 Å². The fourth-order valence-corrected chi connectivity index (χ4v) is 2.56. The highest BCUT2D eigenvalue weighted by atomic mass is 15.4. The average molecular weight is 319 g/mol. The number of rotatable bonds is 5. The SMILES string of the molecule is Cc1ccc(Cn2nc(Cn3cncn3)nc2-c2ccc[nH]2)cc1. The Morgan fingerprint density at radius 3 is 2.67 bits per heavy atom. The van der Waals surface area contributed by atoms with Gasteiger partial charge in [0.1, 0.15) is 19.2 Å². The van der Waals surface area contributed by atoms with Crippen LogP contribution >= 0.6 is 0 Å². The van der Waals surface area contributed by atoms with Gasteiger partial charge in [-0.05, 0) is 24.6 Å². The van der Waals surface area contributed by atoms with Gasteiger partial charge >= 0.3 is 0 Å². The summed E-state index contributed by atoms with van der Waals surface area (Å²) in [5.74, 6) is 1.52. The molecule has 7 heteroatoms. The molecule has 0 amide bonds. The van der Waals surface area contributed by atoms with E-state index in [2.05, 4.69) is 56.3 Å². The maximum absolute atomic E-state index is 4.67. The zero-order valence-electron chi connectivity index (χ0n) is 13.3. The van der Waals surface area contributed by atoms with Gasteiger partial charge in [-0.3, -0.25) is 0 Å². The van der Waals surface area contributed by atoms with Crippen molar-refractivity contribution in [1.82, 2.24) is 34.5 Å². The van der Waals surface area contributed by atoms with E-state index in [0.29, 0.717) is 18.9 Å². The second kappa shape index (κ2) is 6.11. The average Bonchev–Trinajstić information content (AvgIpc) is 3.32. The Morgan fingerprint density at radius 1 is 1.08 bits per heavy atom. The van der Waals surface area contributed by atoms with Gasteiger partial charge in [0.15, 0.2) is 11.6 Å². The van der Waals surface area contributed by atoms with E-state index < -0.39 is 0 Å². The molecule has 1 aromatic carbocycles. The number of aromatic amines is 1. The third-order valence-corrected chi connectivity index (χ3v) is 3.78. The van der Waals surface area contributed by atoms with Crippen molar-refractivity contribution in [3.63, 3.8) is 0 Å². The molecule has 0 bridgehead atoms. The first kappa shape index (κ1) is 14.4. The number of nitrogens with zero attached hydrogens (tertiary/aromatic N) is 6.